The number of anilines is 1. The molecule has 2 aromatic carbocycles. The summed E-state index contributed by atoms with van der Waals surface area (Å²) in [6, 6.07) is 17.3. The zero-order valence-corrected chi connectivity index (χ0v) is 12.4. The maximum atomic E-state index is 5.42. The highest BCUT2D eigenvalue weighted by Gasteiger charge is 2.15. The number of hydrogen-bond donors (Lipinski definition) is 1. The van der Waals surface area contributed by atoms with Gasteiger partial charge in [-0.1, -0.05) is 24.3 Å². The first-order valence-electron chi connectivity index (χ1n) is 7.71. The summed E-state index contributed by atoms with van der Waals surface area (Å²) in [6.07, 6.45) is 2.99. The lowest BCUT2D eigenvalue weighted by molar-refractivity contribution is 0.195. The fourth-order valence-electron chi connectivity index (χ4n) is 2.98. The summed E-state index contributed by atoms with van der Waals surface area (Å²) < 4.78 is 7.61. The van der Waals surface area contributed by atoms with Crippen molar-refractivity contribution in [3.8, 4) is 0 Å². The number of aromatic nitrogens is 2. The van der Waals surface area contributed by atoms with Gasteiger partial charge in [-0.3, -0.25) is 0 Å². The summed E-state index contributed by atoms with van der Waals surface area (Å²) in [7, 11) is 0. The van der Waals surface area contributed by atoms with E-state index in [2.05, 4.69) is 51.3 Å². The van der Waals surface area contributed by atoms with Gasteiger partial charge in [0.05, 0.1) is 30.0 Å². The van der Waals surface area contributed by atoms with Crippen LogP contribution in [0.1, 0.15) is 12.0 Å². The molecule has 1 aliphatic heterocycles. The van der Waals surface area contributed by atoms with E-state index in [9.17, 15) is 0 Å². The smallest absolute Gasteiger partial charge is 0.0961 e. The molecule has 0 bridgehead atoms. The topological polar surface area (TPSA) is 39.1 Å². The number of fused-ring (bicyclic) bond motifs is 1. The summed E-state index contributed by atoms with van der Waals surface area (Å²) in [5, 5.41) is 3.55. The van der Waals surface area contributed by atoms with Gasteiger partial charge in [0.25, 0.3) is 0 Å². The Labute approximate surface area is 129 Å². The van der Waals surface area contributed by atoms with Gasteiger partial charge in [-0.2, -0.15) is 0 Å². The minimum absolute atomic E-state index is 0.435. The highest BCUT2D eigenvalue weighted by Crippen LogP contribution is 2.18. The molecule has 0 aliphatic carbocycles. The summed E-state index contributed by atoms with van der Waals surface area (Å²) in [5.41, 5.74) is 4.65. The predicted octanol–water partition coefficient (Wildman–Crippen LogP) is 3.29. The van der Waals surface area contributed by atoms with Gasteiger partial charge in [-0.25, -0.2) is 4.98 Å². The van der Waals surface area contributed by atoms with Gasteiger partial charge < -0.3 is 14.6 Å². The van der Waals surface area contributed by atoms with Crippen molar-refractivity contribution in [1.82, 2.24) is 9.55 Å². The zero-order chi connectivity index (χ0) is 14.8. The van der Waals surface area contributed by atoms with E-state index in [1.165, 1.54) is 11.1 Å². The number of benzene rings is 2. The minimum atomic E-state index is 0.435. The van der Waals surface area contributed by atoms with Gasteiger partial charge in [0.1, 0.15) is 0 Å². The number of nitrogens with one attached hydrogen (secondary N) is 1. The third-order valence-electron chi connectivity index (χ3n) is 4.11. The van der Waals surface area contributed by atoms with Gasteiger partial charge in [-0.05, 0) is 36.2 Å². The summed E-state index contributed by atoms with van der Waals surface area (Å²) in [6.45, 7) is 2.49. The molecule has 1 unspecified atom stereocenters. The number of para-hydroxylation sites is 2. The molecule has 1 aliphatic rings. The van der Waals surface area contributed by atoms with Crippen LogP contribution in [0.25, 0.3) is 11.0 Å². The first kappa shape index (κ1) is 13.3. The van der Waals surface area contributed by atoms with Crippen LogP contribution in [0.3, 0.4) is 0 Å². The summed E-state index contributed by atoms with van der Waals surface area (Å²) in [5.74, 6) is 0. The van der Waals surface area contributed by atoms with E-state index in [1.54, 1.807) is 0 Å². The average Bonchev–Trinajstić information content (AvgIpc) is 3.18. The molecule has 0 radical (unpaired) electrons. The molecule has 1 fully saturated rings. The molecule has 22 heavy (non-hydrogen) atoms. The van der Waals surface area contributed by atoms with Crippen LogP contribution >= 0.6 is 0 Å². The van der Waals surface area contributed by atoms with Crippen molar-refractivity contribution in [3.63, 3.8) is 0 Å². The molecule has 1 aromatic heterocycles. The van der Waals surface area contributed by atoms with Crippen LogP contribution in [0.2, 0.25) is 0 Å². The SMILES string of the molecule is c1cc(Cn2cnc3ccccc32)cc(NC2CCOC2)c1. The highest BCUT2D eigenvalue weighted by atomic mass is 16.5. The lowest BCUT2D eigenvalue weighted by Crippen LogP contribution is -2.18. The molecule has 112 valence electrons. The van der Waals surface area contributed by atoms with Gasteiger partial charge >= 0.3 is 0 Å². The monoisotopic (exact) mass is 293 g/mol. The Morgan fingerprint density at radius 1 is 1.18 bits per heavy atom. The Morgan fingerprint density at radius 3 is 3.05 bits per heavy atom. The molecule has 0 spiro atoms. The van der Waals surface area contributed by atoms with Crippen molar-refractivity contribution >= 4 is 16.7 Å². The van der Waals surface area contributed by atoms with E-state index in [4.69, 9.17) is 4.74 Å². The van der Waals surface area contributed by atoms with Crippen molar-refractivity contribution in [1.29, 1.82) is 0 Å². The van der Waals surface area contributed by atoms with Gasteiger partial charge in [0.15, 0.2) is 0 Å². The van der Waals surface area contributed by atoms with Crippen molar-refractivity contribution in [2.45, 2.75) is 19.0 Å². The van der Waals surface area contributed by atoms with E-state index < -0.39 is 0 Å². The van der Waals surface area contributed by atoms with Crippen LogP contribution in [0.5, 0.6) is 0 Å². The Bertz CT molecular complexity index is 775. The minimum Gasteiger partial charge on any atom is -0.380 e. The lowest BCUT2D eigenvalue weighted by Gasteiger charge is -2.13. The van der Waals surface area contributed by atoms with Crippen molar-refractivity contribution in [2.24, 2.45) is 0 Å². The molecule has 1 atom stereocenters. The Balaban J connectivity index is 1.55. The summed E-state index contributed by atoms with van der Waals surface area (Å²) >= 11 is 0. The molecule has 0 amide bonds. The number of ether oxygens (including phenoxy) is 1. The fraction of sp³-hybridized carbons (Fsp3) is 0.278. The van der Waals surface area contributed by atoms with Crippen LogP contribution in [0, 0.1) is 0 Å². The second kappa shape index (κ2) is 5.81. The fourth-order valence-corrected chi connectivity index (χ4v) is 2.98. The number of imidazole rings is 1. The molecular weight excluding hydrogens is 274 g/mol. The van der Waals surface area contributed by atoms with E-state index in [0.29, 0.717) is 6.04 Å². The Morgan fingerprint density at radius 2 is 2.14 bits per heavy atom. The van der Waals surface area contributed by atoms with Crippen molar-refractivity contribution in [2.75, 3.05) is 18.5 Å². The highest BCUT2D eigenvalue weighted by molar-refractivity contribution is 5.75. The largest absolute Gasteiger partial charge is 0.380 e. The van der Waals surface area contributed by atoms with E-state index in [0.717, 1.165) is 37.4 Å². The Kier molecular flexibility index (Phi) is 3.52. The van der Waals surface area contributed by atoms with E-state index in [1.807, 2.05) is 18.5 Å². The molecule has 4 nitrogen and oxygen atoms in total. The number of rotatable bonds is 4. The normalized spacial score (nSPS) is 17.9. The third kappa shape index (κ3) is 2.70. The number of hydrogen-bond acceptors (Lipinski definition) is 3. The second-order valence-electron chi connectivity index (χ2n) is 5.77. The molecule has 4 heteroatoms. The lowest BCUT2D eigenvalue weighted by atomic mass is 10.1. The zero-order valence-electron chi connectivity index (χ0n) is 12.4. The van der Waals surface area contributed by atoms with E-state index in [-0.39, 0.29) is 0 Å². The van der Waals surface area contributed by atoms with E-state index >= 15 is 0 Å². The molecule has 0 saturated carbocycles. The van der Waals surface area contributed by atoms with Crippen molar-refractivity contribution in [3.05, 3.63) is 60.4 Å². The van der Waals surface area contributed by atoms with Crippen LogP contribution in [0.4, 0.5) is 5.69 Å². The predicted molar refractivity (Wildman–Crippen MR) is 88.1 cm³/mol. The molecule has 1 saturated heterocycles. The quantitative estimate of drug-likeness (QED) is 0.802. The maximum absolute atomic E-state index is 5.42. The average molecular weight is 293 g/mol. The van der Waals surface area contributed by atoms with Crippen LogP contribution in [-0.2, 0) is 11.3 Å². The van der Waals surface area contributed by atoms with Crippen LogP contribution in [-0.4, -0.2) is 28.8 Å². The maximum Gasteiger partial charge on any atom is 0.0961 e. The standard InChI is InChI=1S/C18H19N3O/c1-2-7-18-17(6-1)19-13-21(18)11-14-4-3-5-15(10-14)20-16-8-9-22-12-16/h1-7,10,13,16,20H,8-9,11-12H2. The third-order valence-corrected chi connectivity index (χ3v) is 4.11. The molecule has 3 aromatic rings. The second-order valence-corrected chi connectivity index (χ2v) is 5.77. The Hall–Kier alpha value is -2.33. The number of nitrogens with zero attached hydrogens (tertiary/aromatic N) is 2. The van der Waals surface area contributed by atoms with Gasteiger partial charge in [0, 0.05) is 18.8 Å². The first-order chi connectivity index (χ1) is 10.9. The molecule has 1 N–H and O–H groups in total. The molecular formula is C18H19N3O. The van der Waals surface area contributed by atoms with Crippen LogP contribution in [0.15, 0.2) is 54.9 Å². The van der Waals surface area contributed by atoms with Gasteiger partial charge in [0.2, 0.25) is 0 Å². The van der Waals surface area contributed by atoms with Crippen LogP contribution < -0.4 is 5.32 Å². The first-order valence-corrected chi connectivity index (χ1v) is 7.71. The van der Waals surface area contributed by atoms with Gasteiger partial charge in [-0.15, -0.1) is 0 Å². The summed E-state index contributed by atoms with van der Waals surface area (Å²) in [4.78, 5) is 4.45. The molecule has 4 rings (SSSR count). The molecule has 2 heterocycles. The van der Waals surface area contributed by atoms with Crippen molar-refractivity contribution < 1.29 is 4.74 Å².